The first kappa shape index (κ1) is 23.0. The van der Waals surface area contributed by atoms with E-state index in [4.69, 9.17) is 14.7 Å². The number of carbonyl (C=O) groups excluding carboxylic acids is 1. The summed E-state index contributed by atoms with van der Waals surface area (Å²) in [5, 5.41) is 4.09. The third kappa shape index (κ3) is 5.02. The van der Waals surface area contributed by atoms with E-state index in [9.17, 15) is 4.79 Å². The second-order valence-electron chi connectivity index (χ2n) is 9.26. The van der Waals surface area contributed by atoms with Crippen LogP contribution in [0.25, 0.3) is 10.4 Å². The molecule has 1 rings (SSSR count). The van der Waals surface area contributed by atoms with Gasteiger partial charge in [-0.3, -0.25) is 4.79 Å². The lowest BCUT2D eigenvalue weighted by Gasteiger charge is -2.46. The van der Waals surface area contributed by atoms with Crippen LogP contribution >= 0.6 is 0 Å². The normalized spacial score (nSPS) is 30.0. The van der Waals surface area contributed by atoms with Gasteiger partial charge in [-0.1, -0.05) is 46.7 Å². The van der Waals surface area contributed by atoms with Gasteiger partial charge in [0.25, 0.3) is 0 Å². The Hall–Kier alpha value is -1.04. The van der Waals surface area contributed by atoms with E-state index in [1.807, 2.05) is 0 Å². The molecule has 0 N–H and O–H groups in total. The SMILES string of the molecule is CC(=O)OC1CC(CO[Si](C)(C)C(C)(C)C(C)C)C(C)C(C)C1N=[N+]=[N-]. The van der Waals surface area contributed by atoms with E-state index in [-0.39, 0.29) is 35.0 Å². The predicted molar refractivity (Wildman–Crippen MR) is 107 cm³/mol. The number of carbonyl (C=O) groups is 1. The molecule has 150 valence electrons. The Bertz CT molecular complexity index is 544. The minimum Gasteiger partial charge on any atom is -0.462 e. The molecule has 0 radical (unpaired) electrons. The Kier molecular flexibility index (Phi) is 7.75. The number of ether oxygens (including phenoxy) is 1. The molecule has 5 atom stereocenters. The summed E-state index contributed by atoms with van der Waals surface area (Å²) < 4.78 is 12.1. The molecule has 1 saturated carbocycles. The average Bonchev–Trinajstić information content (AvgIpc) is 2.52. The topological polar surface area (TPSA) is 84.3 Å². The molecule has 1 aliphatic carbocycles. The van der Waals surface area contributed by atoms with Gasteiger partial charge >= 0.3 is 5.97 Å². The lowest BCUT2D eigenvalue weighted by molar-refractivity contribution is -0.152. The standard InChI is InChI=1S/C19H37N3O3Si/c1-12(2)19(6,7)26(8,9)24-11-16-10-17(25-15(5)23)18(21-22-20)14(4)13(16)3/h12-14,16-18H,10-11H2,1-9H3. The van der Waals surface area contributed by atoms with Crippen molar-refractivity contribution < 1.29 is 14.0 Å². The van der Waals surface area contributed by atoms with E-state index in [0.29, 0.717) is 24.9 Å². The van der Waals surface area contributed by atoms with Crippen LogP contribution < -0.4 is 0 Å². The van der Waals surface area contributed by atoms with Crippen molar-refractivity contribution >= 4 is 14.3 Å². The number of rotatable bonds is 7. The van der Waals surface area contributed by atoms with Crippen LogP contribution in [0, 0.1) is 23.7 Å². The Morgan fingerprint density at radius 1 is 1.31 bits per heavy atom. The summed E-state index contributed by atoms with van der Waals surface area (Å²) in [5.41, 5.74) is 8.89. The van der Waals surface area contributed by atoms with Crippen molar-refractivity contribution in [3.05, 3.63) is 10.4 Å². The molecule has 0 aromatic rings. The van der Waals surface area contributed by atoms with Crippen LogP contribution in [-0.4, -0.2) is 33.0 Å². The van der Waals surface area contributed by atoms with Gasteiger partial charge in [-0.05, 0) is 53.8 Å². The molecule has 0 bridgehead atoms. The molecule has 0 saturated heterocycles. The van der Waals surface area contributed by atoms with Crippen LogP contribution in [-0.2, 0) is 14.0 Å². The third-order valence-corrected chi connectivity index (χ3v) is 11.8. The molecule has 1 fully saturated rings. The quantitative estimate of drug-likeness (QED) is 0.190. The van der Waals surface area contributed by atoms with Crippen LogP contribution in [0.15, 0.2) is 5.11 Å². The van der Waals surface area contributed by atoms with Gasteiger partial charge in [0.05, 0.1) is 6.04 Å². The molecule has 0 heterocycles. The summed E-state index contributed by atoms with van der Waals surface area (Å²) in [6.07, 6.45) is 0.313. The molecule has 0 aromatic heterocycles. The second-order valence-corrected chi connectivity index (χ2v) is 13.9. The van der Waals surface area contributed by atoms with E-state index in [0.717, 1.165) is 0 Å². The highest BCUT2D eigenvalue weighted by atomic mass is 28.4. The number of nitrogens with zero attached hydrogens (tertiary/aromatic N) is 3. The summed E-state index contributed by atoms with van der Waals surface area (Å²) in [6, 6.07) is -0.312. The van der Waals surface area contributed by atoms with Gasteiger partial charge in [0, 0.05) is 18.4 Å². The fourth-order valence-corrected chi connectivity index (χ4v) is 6.11. The first-order valence-electron chi connectivity index (χ1n) is 9.70. The molecule has 0 amide bonds. The van der Waals surface area contributed by atoms with E-state index in [2.05, 4.69) is 64.7 Å². The third-order valence-electron chi connectivity index (χ3n) is 7.18. The first-order chi connectivity index (χ1) is 11.8. The molecular formula is C19H37N3O3Si. The van der Waals surface area contributed by atoms with Crippen LogP contribution in [0.3, 0.4) is 0 Å². The highest BCUT2D eigenvalue weighted by Gasteiger charge is 2.46. The Balaban J connectivity index is 2.92. The van der Waals surface area contributed by atoms with Gasteiger partial charge in [0.15, 0.2) is 8.32 Å². The maximum absolute atomic E-state index is 11.5. The molecule has 5 unspecified atom stereocenters. The molecule has 0 aromatic carbocycles. The van der Waals surface area contributed by atoms with E-state index < -0.39 is 8.32 Å². The van der Waals surface area contributed by atoms with E-state index >= 15 is 0 Å². The smallest absolute Gasteiger partial charge is 0.302 e. The van der Waals surface area contributed by atoms with Gasteiger partial charge in [0.1, 0.15) is 6.10 Å². The van der Waals surface area contributed by atoms with Gasteiger partial charge in [-0.2, -0.15) is 0 Å². The Morgan fingerprint density at radius 2 is 1.88 bits per heavy atom. The fourth-order valence-electron chi connectivity index (χ4n) is 3.72. The molecule has 6 nitrogen and oxygen atoms in total. The lowest BCUT2D eigenvalue weighted by atomic mass is 9.70. The predicted octanol–water partition coefficient (Wildman–Crippen LogP) is 5.55. The first-order valence-corrected chi connectivity index (χ1v) is 12.6. The largest absolute Gasteiger partial charge is 0.462 e. The maximum atomic E-state index is 11.5. The van der Waals surface area contributed by atoms with Crippen molar-refractivity contribution in [1.82, 2.24) is 0 Å². The summed E-state index contributed by atoms with van der Waals surface area (Å²) in [7, 11) is -1.91. The van der Waals surface area contributed by atoms with Crippen LogP contribution in [0.4, 0.5) is 0 Å². The van der Waals surface area contributed by atoms with Crippen molar-refractivity contribution in [2.75, 3.05) is 6.61 Å². The van der Waals surface area contributed by atoms with E-state index in [1.54, 1.807) is 0 Å². The van der Waals surface area contributed by atoms with Crippen molar-refractivity contribution in [1.29, 1.82) is 0 Å². The summed E-state index contributed by atoms with van der Waals surface area (Å²) in [5.74, 6) is 0.985. The zero-order chi connectivity index (χ0) is 20.3. The lowest BCUT2D eigenvalue weighted by Crippen LogP contribution is -2.50. The fraction of sp³-hybridized carbons (Fsp3) is 0.947. The maximum Gasteiger partial charge on any atom is 0.302 e. The zero-order valence-corrected chi connectivity index (χ0v) is 18.9. The highest BCUT2D eigenvalue weighted by molar-refractivity contribution is 6.74. The van der Waals surface area contributed by atoms with Crippen LogP contribution in [0.1, 0.15) is 54.9 Å². The number of hydrogen-bond acceptors (Lipinski definition) is 4. The highest BCUT2D eigenvalue weighted by Crippen LogP contribution is 2.46. The Morgan fingerprint density at radius 3 is 2.35 bits per heavy atom. The van der Waals surface area contributed by atoms with Crippen molar-refractivity contribution in [3.8, 4) is 0 Å². The van der Waals surface area contributed by atoms with E-state index in [1.165, 1.54) is 6.92 Å². The zero-order valence-electron chi connectivity index (χ0n) is 17.9. The van der Waals surface area contributed by atoms with Crippen LogP contribution in [0.2, 0.25) is 18.1 Å². The molecule has 0 spiro atoms. The van der Waals surface area contributed by atoms with Gasteiger partial charge in [-0.25, -0.2) is 0 Å². The van der Waals surface area contributed by atoms with Crippen molar-refractivity contribution in [3.63, 3.8) is 0 Å². The van der Waals surface area contributed by atoms with Crippen molar-refractivity contribution in [2.24, 2.45) is 28.8 Å². The summed E-state index contributed by atoms with van der Waals surface area (Å²) in [6.45, 7) is 20.0. The number of azide groups is 1. The monoisotopic (exact) mass is 383 g/mol. The van der Waals surface area contributed by atoms with Gasteiger partial charge < -0.3 is 9.16 Å². The van der Waals surface area contributed by atoms with Gasteiger partial charge in [0.2, 0.25) is 0 Å². The van der Waals surface area contributed by atoms with Crippen molar-refractivity contribution in [2.45, 2.75) is 85.2 Å². The molecule has 1 aliphatic rings. The molecule has 7 heteroatoms. The number of esters is 1. The Labute approximate surface area is 159 Å². The minimum atomic E-state index is -1.91. The molecule has 26 heavy (non-hydrogen) atoms. The summed E-state index contributed by atoms with van der Waals surface area (Å²) in [4.78, 5) is 14.5. The number of hydrogen-bond donors (Lipinski definition) is 0. The molecular weight excluding hydrogens is 346 g/mol. The molecule has 0 aliphatic heterocycles. The minimum absolute atomic E-state index is 0.139. The van der Waals surface area contributed by atoms with Gasteiger partial charge in [-0.15, -0.1) is 0 Å². The summed E-state index contributed by atoms with van der Waals surface area (Å²) >= 11 is 0. The van der Waals surface area contributed by atoms with Crippen LogP contribution in [0.5, 0.6) is 0 Å². The second kappa shape index (κ2) is 8.76. The average molecular weight is 384 g/mol.